The van der Waals surface area contributed by atoms with E-state index in [1.165, 1.54) is 37.0 Å². The van der Waals surface area contributed by atoms with Crippen molar-refractivity contribution in [2.24, 2.45) is 11.8 Å². The monoisotopic (exact) mass is 351 g/mol. The van der Waals surface area contributed by atoms with E-state index in [0.29, 0.717) is 29.9 Å². The molecule has 24 heavy (non-hydrogen) atoms. The summed E-state index contributed by atoms with van der Waals surface area (Å²) in [5.41, 5.74) is 0. The molecule has 1 aromatic heterocycles. The summed E-state index contributed by atoms with van der Waals surface area (Å²) in [4.78, 5) is 30.5. The third-order valence-corrected chi connectivity index (χ3v) is 5.27. The van der Waals surface area contributed by atoms with Crippen LogP contribution in [0.25, 0.3) is 0 Å². The van der Waals surface area contributed by atoms with Crippen molar-refractivity contribution < 1.29 is 9.59 Å². The molecule has 0 atom stereocenters. The number of amides is 2. The second-order valence-corrected chi connectivity index (χ2v) is 7.97. The molecule has 1 N–H and O–H groups in total. The maximum absolute atomic E-state index is 12.6. The maximum atomic E-state index is 12.6. The van der Waals surface area contributed by atoms with Crippen LogP contribution in [0.3, 0.4) is 0 Å². The lowest BCUT2D eigenvalue weighted by molar-refractivity contribution is -0.135. The summed E-state index contributed by atoms with van der Waals surface area (Å²) in [6.45, 7) is 5.04. The maximum Gasteiger partial charge on any atom is 0.245 e. The summed E-state index contributed by atoms with van der Waals surface area (Å²) in [6.07, 6.45) is 9.20. The number of rotatable bonds is 9. The van der Waals surface area contributed by atoms with E-state index in [-0.39, 0.29) is 18.4 Å². The Labute approximate surface area is 148 Å². The minimum atomic E-state index is -0.164. The molecule has 134 valence electrons. The predicted octanol–water partition coefficient (Wildman–Crippen LogP) is 3.93. The first-order valence-corrected chi connectivity index (χ1v) is 9.89. The molecule has 0 spiro atoms. The summed E-state index contributed by atoms with van der Waals surface area (Å²) in [5, 5.41) is 5.17. The molecule has 1 fully saturated rings. The Kier molecular flexibility index (Phi) is 7.69. The Bertz CT molecular complexity index is 510. The third-order valence-electron chi connectivity index (χ3n) is 4.58. The largest absolute Gasteiger partial charge is 0.333 e. The number of carbonyl (C=O) groups is 2. The van der Waals surface area contributed by atoms with Gasteiger partial charge in [-0.15, -0.1) is 11.3 Å². The Balaban J connectivity index is 1.84. The van der Waals surface area contributed by atoms with Gasteiger partial charge in [0.15, 0.2) is 5.13 Å². The molecule has 1 aliphatic carbocycles. The standard InChI is InChI=1S/C18H29N3O2S/c1-14(2)9-11-21(13-16(22)20-18-19-10-12-24-18)17(23)8-7-15-5-3-4-6-15/h10,12,14-15H,3-9,11,13H2,1-2H3,(H,19,20,22). The highest BCUT2D eigenvalue weighted by Crippen LogP contribution is 2.28. The van der Waals surface area contributed by atoms with Gasteiger partial charge in [-0.05, 0) is 24.7 Å². The molecule has 5 nitrogen and oxygen atoms in total. The van der Waals surface area contributed by atoms with E-state index in [9.17, 15) is 9.59 Å². The second-order valence-electron chi connectivity index (χ2n) is 7.07. The zero-order valence-electron chi connectivity index (χ0n) is 14.8. The summed E-state index contributed by atoms with van der Waals surface area (Å²) < 4.78 is 0. The first-order valence-electron chi connectivity index (χ1n) is 9.01. The van der Waals surface area contributed by atoms with E-state index in [4.69, 9.17) is 0 Å². The molecule has 0 bridgehead atoms. The number of nitrogens with one attached hydrogen (secondary N) is 1. The van der Waals surface area contributed by atoms with Crippen molar-refractivity contribution in [3.8, 4) is 0 Å². The number of nitrogens with zero attached hydrogens (tertiary/aromatic N) is 2. The lowest BCUT2D eigenvalue weighted by Crippen LogP contribution is -2.39. The van der Waals surface area contributed by atoms with Gasteiger partial charge in [-0.25, -0.2) is 4.98 Å². The average Bonchev–Trinajstić information content (AvgIpc) is 3.22. The van der Waals surface area contributed by atoms with Crippen molar-refractivity contribution in [3.63, 3.8) is 0 Å². The van der Waals surface area contributed by atoms with Crippen LogP contribution in [-0.2, 0) is 9.59 Å². The Morgan fingerprint density at radius 2 is 2.12 bits per heavy atom. The highest BCUT2D eigenvalue weighted by Gasteiger charge is 2.21. The van der Waals surface area contributed by atoms with Crippen molar-refractivity contribution in [1.29, 1.82) is 0 Å². The van der Waals surface area contributed by atoms with Gasteiger partial charge in [0, 0.05) is 24.5 Å². The molecule has 1 aliphatic rings. The van der Waals surface area contributed by atoms with Crippen molar-refractivity contribution >= 4 is 28.3 Å². The molecule has 1 saturated carbocycles. The smallest absolute Gasteiger partial charge is 0.245 e. The fraction of sp³-hybridized carbons (Fsp3) is 0.722. The molecule has 2 rings (SSSR count). The van der Waals surface area contributed by atoms with Gasteiger partial charge in [0.25, 0.3) is 0 Å². The summed E-state index contributed by atoms with van der Waals surface area (Å²) in [7, 11) is 0. The van der Waals surface area contributed by atoms with Crippen LogP contribution < -0.4 is 5.32 Å². The van der Waals surface area contributed by atoms with Gasteiger partial charge in [0.05, 0.1) is 6.54 Å². The van der Waals surface area contributed by atoms with Crippen LogP contribution in [0.1, 0.15) is 58.8 Å². The number of hydrogen-bond donors (Lipinski definition) is 1. The van der Waals surface area contributed by atoms with Crippen molar-refractivity contribution in [3.05, 3.63) is 11.6 Å². The van der Waals surface area contributed by atoms with E-state index in [1.807, 2.05) is 5.38 Å². The van der Waals surface area contributed by atoms with Crippen LogP contribution in [0.4, 0.5) is 5.13 Å². The Morgan fingerprint density at radius 3 is 2.75 bits per heavy atom. The van der Waals surface area contributed by atoms with Crippen molar-refractivity contribution in [1.82, 2.24) is 9.88 Å². The summed E-state index contributed by atoms with van der Waals surface area (Å²) >= 11 is 1.39. The normalized spacial score (nSPS) is 15.0. The lowest BCUT2D eigenvalue weighted by atomic mass is 10.0. The Morgan fingerprint density at radius 1 is 1.38 bits per heavy atom. The van der Waals surface area contributed by atoms with Gasteiger partial charge in [-0.1, -0.05) is 39.5 Å². The fourth-order valence-electron chi connectivity index (χ4n) is 3.11. The second kappa shape index (κ2) is 9.77. The van der Waals surface area contributed by atoms with E-state index in [1.54, 1.807) is 11.1 Å². The molecular formula is C18H29N3O2S. The number of carbonyl (C=O) groups excluding carboxylic acids is 2. The number of anilines is 1. The molecule has 0 aromatic carbocycles. The first-order chi connectivity index (χ1) is 11.5. The highest BCUT2D eigenvalue weighted by atomic mass is 32.1. The van der Waals surface area contributed by atoms with Crippen LogP contribution in [0, 0.1) is 11.8 Å². The van der Waals surface area contributed by atoms with Gasteiger partial charge < -0.3 is 10.2 Å². The van der Waals surface area contributed by atoms with E-state index in [0.717, 1.165) is 12.8 Å². The number of aromatic nitrogens is 1. The van der Waals surface area contributed by atoms with Gasteiger partial charge in [-0.2, -0.15) is 0 Å². The van der Waals surface area contributed by atoms with E-state index in [2.05, 4.69) is 24.1 Å². The molecule has 2 amide bonds. The zero-order chi connectivity index (χ0) is 17.4. The van der Waals surface area contributed by atoms with Crippen LogP contribution in [0.2, 0.25) is 0 Å². The summed E-state index contributed by atoms with van der Waals surface area (Å²) in [5.74, 6) is 1.15. The van der Waals surface area contributed by atoms with Gasteiger partial charge >= 0.3 is 0 Å². The van der Waals surface area contributed by atoms with Crippen molar-refractivity contribution in [2.45, 2.75) is 58.8 Å². The van der Waals surface area contributed by atoms with Crippen LogP contribution in [0.15, 0.2) is 11.6 Å². The van der Waals surface area contributed by atoms with Gasteiger partial charge in [0.1, 0.15) is 0 Å². The predicted molar refractivity (Wildman–Crippen MR) is 98.0 cm³/mol. The lowest BCUT2D eigenvalue weighted by Gasteiger charge is -2.23. The van der Waals surface area contributed by atoms with E-state index < -0.39 is 0 Å². The Hall–Kier alpha value is -1.43. The molecule has 6 heteroatoms. The molecule has 0 aliphatic heterocycles. The zero-order valence-corrected chi connectivity index (χ0v) is 15.6. The molecule has 1 heterocycles. The quantitative estimate of drug-likeness (QED) is 0.733. The average molecular weight is 352 g/mol. The van der Waals surface area contributed by atoms with Crippen LogP contribution in [0.5, 0.6) is 0 Å². The number of thiazole rings is 1. The SMILES string of the molecule is CC(C)CCN(CC(=O)Nc1nccs1)C(=O)CCC1CCCC1. The summed E-state index contributed by atoms with van der Waals surface area (Å²) in [6, 6.07) is 0. The van der Waals surface area contributed by atoms with E-state index >= 15 is 0 Å². The fourth-order valence-corrected chi connectivity index (χ4v) is 3.65. The topological polar surface area (TPSA) is 62.3 Å². The van der Waals surface area contributed by atoms with Crippen molar-refractivity contribution in [2.75, 3.05) is 18.4 Å². The van der Waals surface area contributed by atoms with Gasteiger partial charge in [0.2, 0.25) is 11.8 Å². The highest BCUT2D eigenvalue weighted by molar-refractivity contribution is 7.13. The third kappa shape index (κ3) is 6.59. The molecular weight excluding hydrogens is 322 g/mol. The molecule has 1 aromatic rings. The minimum Gasteiger partial charge on any atom is -0.333 e. The molecule has 0 saturated heterocycles. The minimum absolute atomic E-state index is 0.108. The molecule has 0 unspecified atom stereocenters. The van der Waals surface area contributed by atoms with Crippen LogP contribution in [-0.4, -0.2) is 34.8 Å². The van der Waals surface area contributed by atoms with Crippen LogP contribution >= 0.6 is 11.3 Å². The van der Waals surface area contributed by atoms with Gasteiger partial charge in [-0.3, -0.25) is 9.59 Å². The number of hydrogen-bond acceptors (Lipinski definition) is 4. The first kappa shape index (κ1) is 18.9. The molecule has 0 radical (unpaired) electrons.